The minimum Gasteiger partial charge on any atom is -0.492 e. The van der Waals surface area contributed by atoms with Gasteiger partial charge in [-0.3, -0.25) is 0 Å². The van der Waals surface area contributed by atoms with Gasteiger partial charge in [-0.05, 0) is 67.7 Å². The summed E-state index contributed by atoms with van der Waals surface area (Å²) in [5, 5.41) is 0. The zero-order valence-corrected chi connectivity index (χ0v) is 17.9. The van der Waals surface area contributed by atoms with Crippen LogP contribution in [0.25, 0.3) is 5.57 Å². The molecule has 30 heavy (non-hydrogen) atoms. The van der Waals surface area contributed by atoms with Crippen molar-refractivity contribution >= 4 is 5.57 Å². The van der Waals surface area contributed by atoms with Crippen LogP contribution in [0.4, 0.5) is 17.6 Å². The highest BCUT2D eigenvalue weighted by Gasteiger charge is 2.63. The molecule has 5 heteroatoms. The van der Waals surface area contributed by atoms with Crippen LogP contribution in [-0.4, -0.2) is 18.5 Å². The van der Waals surface area contributed by atoms with E-state index in [1.165, 1.54) is 45.4 Å². The molecule has 0 radical (unpaired) electrons. The number of unbranched alkanes of at least 4 members (excludes halogenated alkanes) is 2. The Morgan fingerprint density at radius 2 is 1.53 bits per heavy atom. The molecular weight excluding hydrogens is 392 g/mol. The number of benzene rings is 1. The molecule has 0 spiro atoms. The first-order valence-corrected chi connectivity index (χ1v) is 11.2. The van der Waals surface area contributed by atoms with Gasteiger partial charge in [0.05, 0.1) is 6.61 Å². The first kappa shape index (κ1) is 22.9. The van der Waals surface area contributed by atoms with Gasteiger partial charge in [-0.25, -0.2) is 0 Å². The maximum absolute atomic E-state index is 14.6. The summed E-state index contributed by atoms with van der Waals surface area (Å²) in [6.45, 7) is 3.62. The maximum Gasteiger partial charge on any atom is 0.370 e. The zero-order chi connectivity index (χ0) is 21.8. The predicted octanol–water partition coefficient (Wildman–Crippen LogP) is 8.13. The molecule has 0 aliphatic heterocycles. The SMILES string of the molecule is CCCCCC1CCC(c2ccc(C3=CC=C(OCC)C(F)(F)C3(F)F)cc2)CC1. The third kappa shape index (κ3) is 4.60. The third-order valence-electron chi connectivity index (χ3n) is 6.50. The number of hydrogen-bond acceptors (Lipinski definition) is 1. The number of halogens is 4. The first-order valence-electron chi connectivity index (χ1n) is 11.2. The molecule has 3 rings (SSSR count). The van der Waals surface area contributed by atoms with E-state index in [1.54, 1.807) is 12.1 Å². The number of hydrogen-bond donors (Lipinski definition) is 0. The minimum atomic E-state index is -4.36. The fraction of sp³-hybridized carbons (Fsp3) is 0.600. The molecule has 0 atom stereocenters. The fourth-order valence-corrected chi connectivity index (χ4v) is 4.67. The van der Waals surface area contributed by atoms with E-state index in [2.05, 4.69) is 6.92 Å². The minimum absolute atomic E-state index is 0.0871. The molecule has 1 saturated carbocycles. The van der Waals surface area contributed by atoms with Gasteiger partial charge in [0.25, 0.3) is 0 Å². The largest absolute Gasteiger partial charge is 0.492 e. The Bertz CT molecular complexity index is 756. The summed E-state index contributed by atoms with van der Waals surface area (Å²) in [7, 11) is 0. The lowest BCUT2D eigenvalue weighted by molar-refractivity contribution is -0.171. The van der Waals surface area contributed by atoms with E-state index in [1.807, 2.05) is 12.1 Å². The smallest absolute Gasteiger partial charge is 0.370 e. The molecule has 0 amide bonds. The lowest BCUT2D eigenvalue weighted by Gasteiger charge is -2.33. The van der Waals surface area contributed by atoms with Crippen LogP contribution in [0.1, 0.15) is 82.3 Å². The molecule has 0 aromatic heterocycles. The molecule has 166 valence electrons. The number of allylic oxidation sites excluding steroid dienone is 4. The van der Waals surface area contributed by atoms with Crippen molar-refractivity contribution in [3.8, 4) is 0 Å². The van der Waals surface area contributed by atoms with E-state index >= 15 is 0 Å². The van der Waals surface area contributed by atoms with Gasteiger partial charge in [0, 0.05) is 5.57 Å². The maximum atomic E-state index is 14.6. The van der Waals surface area contributed by atoms with Crippen LogP contribution in [-0.2, 0) is 4.74 Å². The topological polar surface area (TPSA) is 9.23 Å². The van der Waals surface area contributed by atoms with Crippen molar-refractivity contribution in [3.05, 3.63) is 53.3 Å². The van der Waals surface area contributed by atoms with Crippen LogP contribution in [0.15, 0.2) is 42.2 Å². The molecule has 0 heterocycles. The number of rotatable bonds is 8. The Hall–Kier alpha value is -1.78. The summed E-state index contributed by atoms with van der Waals surface area (Å²) >= 11 is 0. The Labute approximate surface area is 177 Å². The molecular formula is C25H32F4O. The van der Waals surface area contributed by atoms with Crippen molar-refractivity contribution in [2.24, 2.45) is 5.92 Å². The molecule has 1 fully saturated rings. The average Bonchev–Trinajstić information content (AvgIpc) is 2.73. The quantitative estimate of drug-likeness (QED) is 0.302. The number of ether oxygens (including phenoxy) is 1. The molecule has 2 aliphatic rings. The third-order valence-corrected chi connectivity index (χ3v) is 6.50. The first-order chi connectivity index (χ1) is 14.3. The Balaban J connectivity index is 1.69. The Kier molecular flexibility index (Phi) is 7.30. The van der Waals surface area contributed by atoms with Crippen LogP contribution >= 0.6 is 0 Å². The van der Waals surface area contributed by atoms with Crippen LogP contribution < -0.4 is 0 Å². The van der Waals surface area contributed by atoms with Crippen molar-refractivity contribution < 1.29 is 22.3 Å². The lowest BCUT2D eigenvalue weighted by atomic mass is 9.76. The van der Waals surface area contributed by atoms with Gasteiger partial charge in [-0.15, -0.1) is 0 Å². The van der Waals surface area contributed by atoms with Gasteiger partial charge in [-0.2, -0.15) is 17.6 Å². The Morgan fingerprint density at radius 1 is 0.867 bits per heavy atom. The molecule has 2 aliphatic carbocycles. The van der Waals surface area contributed by atoms with Gasteiger partial charge in [0.15, 0.2) is 5.76 Å². The van der Waals surface area contributed by atoms with Gasteiger partial charge < -0.3 is 4.74 Å². The van der Waals surface area contributed by atoms with Crippen LogP contribution in [0.2, 0.25) is 0 Å². The van der Waals surface area contributed by atoms with Gasteiger partial charge >= 0.3 is 11.8 Å². The molecule has 1 aromatic rings. The van der Waals surface area contributed by atoms with Crippen LogP contribution in [0.5, 0.6) is 0 Å². The highest BCUT2D eigenvalue weighted by Crippen LogP contribution is 2.51. The molecule has 0 saturated heterocycles. The molecule has 1 aromatic carbocycles. The molecule has 0 bridgehead atoms. The second-order valence-electron chi connectivity index (χ2n) is 8.53. The molecule has 0 N–H and O–H groups in total. The van der Waals surface area contributed by atoms with Crippen molar-refractivity contribution in [2.75, 3.05) is 6.61 Å². The highest BCUT2D eigenvalue weighted by molar-refractivity contribution is 5.75. The van der Waals surface area contributed by atoms with E-state index in [9.17, 15) is 17.6 Å². The van der Waals surface area contributed by atoms with E-state index < -0.39 is 23.2 Å². The summed E-state index contributed by atoms with van der Waals surface area (Å²) in [6.07, 6.45) is 11.8. The van der Waals surface area contributed by atoms with E-state index in [-0.39, 0.29) is 12.2 Å². The molecule has 0 unspecified atom stereocenters. The Morgan fingerprint density at radius 3 is 2.13 bits per heavy atom. The normalized spacial score (nSPS) is 25.4. The monoisotopic (exact) mass is 424 g/mol. The second kappa shape index (κ2) is 9.57. The average molecular weight is 425 g/mol. The van der Waals surface area contributed by atoms with Gasteiger partial charge in [-0.1, -0.05) is 56.9 Å². The highest BCUT2D eigenvalue weighted by atomic mass is 19.3. The van der Waals surface area contributed by atoms with Crippen LogP contribution in [0.3, 0.4) is 0 Å². The molecule has 1 nitrogen and oxygen atoms in total. The number of alkyl halides is 4. The second-order valence-corrected chi connectivity index (χ2v) is 8.53. The van der Waals surface area contributed by atoms with Crippen molar-refractivity contribution in [3.63, 3.8) is 0 Å². The van der Waals surface area contributed by atoms with Crippen molar-refractivity contribution in [2.45, 2.75) is 83.0 Å². The van der Waals surface area contributed by atoms with E-state index in [0.29, 0.717) is 5.92 Å². The van der Waals surface area contributed by atoms with Gasteiger partial charge in [0.2, 0.25) is 0 Å². The van der Waals surface area contributed by atoms with Crippen molar-refractivity contribution in [1.29, 1.82) is 0 Å². The fourth-order valence-electron chi connectivity index (χ4n) is 4.67. The standard InChI is InChI=1S/C25H32F4O/c1-3-5-6-7-18-8-10-19(11-9-18)20-12-14-21(15-13-20)22-16-17-23(30-4-2)25(28,29)24(22,26)27/h12-19H,3-11H2,1-2H3. The summed E-state index contributed by atoms with van der Waals surface area (Å²) in [5.74, 6) is -8.43. The van der Waals surface area contributed by atoms with E-state index in [0.717, 1.165) is 36.5 Å². The van der Waals surface area contributed by atoms with E-state index in [4.69, 9.17) is 4.74 Å². The summed E-state index contributed by atoms with van der Waals surface area (Å²) in [5.41, 5.74) is 0.577. The lowest BCUT2D eigenvalue weighted by Crippen LogP contribution is -2.45. The predicted molar refractivity (Wildman–Crippen MR) is 113 cm³/mol. The summed E-state index contributed by atoms with van der Waals surface area (Å²) in [4.78, 5) is 0. The van der Waals surface area contributed by atoms with Crippen LogP contribution in [0, 0.1) is 5.92 Å². The zero-order valence-electron chi connectivity index (χ0n) is 17.9. The van der Waals surface area contributed by atoms with Gasteiger partial charge in [0.1, 0.15) is 0 Å². The summed E-state index contributed by atoms with van der Waals surface area (Å²) in [6, 6.07) is 6.76. The van der Waals surface area contributed by atoms with Crippen molar-refractivity contribution in [1.82, 2.24) is 0 Å². The summed E-state index contributed by atoms with van der Waals surface area (Å²) < 4.78 is 62.5.